The van der Waals surface area contributed by atoms with Crippen molar-refractivity contribution < 1.29 is 23.8 Å². The van der Waals surface area contributed by atoms with Crippen LogP contribution in [0.25, 0.3) is 11.1 Å². The van der Waals surface area contributed by atoms with Crippen molar-refractivity contribution in [2.75, 3.05) is 12.0 Å². The average Bonchev–Trinajstić information content (AvgIpc) is 3.34. The second-order valence-corrected chi connectivity index (χ2v) is 7.69. The van der Waals surface area contributed by atoms with Crippen LogP contribution < -0.4 is 20.8 Å². The molecule has 3 N–H and O–H groups in total. The number of aryl methyl sites for hydroxylation is 1. The maximum Gasteiger partial charge on any atom is 0.255 e. The van der Waals surface area contributed by atoms with Gasteiger partial charge in [0, 0.05) is 24.9 Å². The fourth-order valence-electron chi connectivity index (χ4n) is 3.26. The number of benzene rings is 1. The summed E-state index contributed by atoms with van der Waals surface area (Å²) in [6.45, 7) is 2.74. The van der Waals surface area contributed by atoms with Gasteiger partial charge in [0.25, 0.3) is 5.91 Å². The molecule has 0 spiro atoms. The minimum absolute atomic E-state index is 0.0402. The highest BCUT2D eigenvalue weighted by atomic mass is 19.1. The van der Waals surface area contributed by atoms with Crippen LogP contribution in [0.5, 0.6) is 0 Å². The van der Waals surface area contributed by atoms with Gasteiger partial charge in [0.05, 0.1) is 10.9 Å². The predicted molar refractivity (Wildman–Crippen MR) is 104 cm³/mol. The van der Waals surface area contributed by atoms with Crippen molar-refractivity contribution in [3.63, 3.8) is 0 Å². The van der Waals surface area contributed by atoms with Gasteiger partial charge in [-0.3, -0.25) is 4.79 Å². The largest absolute Gasteiger partial charge is 0.808 e. The van der Waals surface area contributed by atoms with E-state index in [1.165, 1.54) is 18.5 Å². The number of furan rings is 1. The highest BCUT2D eigenvalue weighted by Gasteiger charge is 2.38. The zero-order chi connectivity index (χ0) is 21.5. The van der Waals surface area contributed by atoms with E-state index in [-0.39, 0.29) is 17.8 Å². The van der Waals surface area contributed by atoms with Crippen LogP contribution in [0.3, 0.4) is 0 Å². The minimum atomic E-state index is -1.04. The molecule has 1 unspecified atom stereocenters. The quantitative estimate of drug-likeness (QED) is 0.387. The smallest absolute Gasteiger partial charge is 0.255 e. The lowest BCUT2D eigenvalue weighted by Crippen LogP contribution is -3.04. The molecule has 9 nitrogen and oxygen atoms in total. The molecule has 158 valence electrons. The van der Waals surface area contributed by atoms with E-state index in [0.717, 1.165) is 18.9 Å². The Bertz CT molecular complexity index is 1110. The summed E-state index contributed by atoms with van der Waals surface area (Å²) in [6.07, 6.45) is 3.39. The van der Waals surface area contributed by atoms with Gasteiger partial charge in [-0.1, -0.05) is 6.07 Å². The fourth-order valence-corrected chi connectivity index (χ4v) is 3.26. The number of anilines is 1. The van der Waals surface area contributed by atoms with Gasteiger partial charge >= 0.3 is 0 Å². The summed E-state index contributed by atoms with van der Waals surface area (Å²) in [6, 6.07) is 3.83. The molecule has 0 bridgehead atoms. The summed E-state index contributed by atoms with van der Waals surface area (Å²) in [5.41, 5.74) is 0.782. The third-order valence-corrected chi connectivity index (χ3v) is 5.23. The third-order valence-electron chi connectivity index (χ3n) is 5.23. The number of rotatable bonds is 7. The lowest BCUT2D eigenvalue weighted by Gasteiger charge is -2.25. The van der Waals surface area contributed by atoms with Crippen LogP contribution in [0.2, 0.25) is 0 Å². The van der Waals surface area contributed by atoms with Gasteiger partial charge in [-0.05, 0) is 38.3 Å². The Morgan fingerprint density at radius 3 is 2.83 bits per heavy atom. The second-order valence-electron chi connectivity index (χ2n) is 7.69. The minimum Gasteiger partial charge on any atom is -0.808 e. The third kappa shape index (κ3) is 3.84. The first kappa shape index (κ1) is 20.2. The Balaban J connectivity index is 1.59. The number of hydrogen-bond donors (Lipinski definition) is 3. The number of carbonyl (C=O) groups excluding carboxylic acids is 1. The molecule has 30 heavy (non-hydrogen) atoms. The van der Waals surface area contributed by atoms with Crippen LogP contribution in [-0.4, -0.2) is 28.1 Å². The van der Waals surface area contributed by atoms with Gasteiger partial charge in [0.15, 0.2) is 11.5 Å². The van der Waals surface area contributed by atoms with E-state index in [9.17, 15) is 19.5 Å². The van der Waals surface area contributed by atoms with Crippen LogP contribution in [0.4, 0.5) is 15.9 Å². The van der Waals surface area contributed by atoms with E-state index in [1.807, 2.05) is 0 Å². The van der Waals surface area contributed by atoms with Gasteiger partial charge in [-0.15, -0.1) is 0 Å². The molecular weight excluding hydrogens is 393 g/mol. The van der Waals surface area contributed by atoms with Crippen molar-refractivity contribution in [1.82, 2.24) is 15.3 Å². The number of hydrogen-bond acceptors (Lipinski definition) is 7. The molecular formula is C20H21FN5O4-. The van der Waals surface area contributed by atoms with Gasteiger partial charge in [0.2, 0.25) is 5.71 Å². The number of carbonyl (C=O) groups is 1. The monoisotopic (exact) mass is 414 g/mol. The Hall–Kier alpha value is -3.08. The summed E-state index contributed by atoms with van der Waals surface area (Å²) in [5.74, 6) is -0.240. The molecule has 0 radical (unpaired) electrons. The van der Waals surface area contributed by atoms with Gasteiger partial charge in [-0.25, -0.2) is 14.4 Å². The van der Waals surface area contributed by atoms with Crippen LogP contribution in [0, 0.1) is 17.9 Å². The molecule has 4 rings (SSSR count). The normalized spacial score (nSPS) is 15.8. The predicted octanol–water partition coefficient (Wildman–Crippen LogP) is 0.897. The first-order valence-electron chi connectivity index (χ1n) is 9.51. The van der Waals surface area contributed by atoms with Gasteiger partial charge in [0.1, 0.15) is 17.9 Å². The van der Waals surface area contributed by atoms with Crippen molar-refractivity contribution in [3.05, 3.63) is 52.4 Å². The SMILES string of the molecule is Cc1oc2ncnc(NC3(C)CC3)c2c1C(=O)NCc1ccc(F)c([NH+]([O-])C[O-])c1. The summed E-state index contributed by atoms with van der Waals surface area (Å²) in [4.78, 5) is 21.3. The molecule has 1 aliphatic rings. The van der Waals surface area contributed by atoms with E-state index in [0.29, 0.717) is 33.8 Å². The van der Waals surface area contributed by atoms with E-state index in [4.69, 9.17) is 4.42 Å². The first-order valence-corrected chi connectivity index (χ1v) is 9.51. The Kier molecular flexibility index (Phi) is 5.14. The summed E-state index contributed by atoms with van der Waals surface area (Å²) >= 11 is 0. The standard InChI is InChI=1S/C20H21FN5O4/c1-11-15(16-17(25-20(2)5-6-20)23-9-24-19(16)30-11)18(28)22-8-12-3-4-13(21)14(7-12)26(29)10-27/h3-4,7,9,26H,5-6,8,10H2,1-2H3,(H,22,28)(H,23,24,25)/q-1. The fraction of sp³-hybridized carbons (Fsp3) is 0.350. The van der Waals surface area contributed by atoms with E-state index < -0.39 is 23.5 Å². The summed E-state index contributed by atoms with van der Waals surface area (Å²) in [5, 5.41) is 28.2. The molecule has 3 aromatic rings. The molecule has 1 aromatic carbocycles. The van der Waals surface area contributed by atoms with Crippen LogP contribution in [0.15, 0.2) is 28.9 Å². The number of aromatic nitrogens is 2. The van der Waals surface area contributed by atoms with Crippen molar-refractivity contribution in [2.24, 2.45) is 0 Å². The number of nitrogens with one attached hydrogen (secondary N) is 3. The maximum atomic E-state index is 13.8. The van der Waals surface area contributed by atoms with Gasteiger partial charge < -0.3 is 30.4 Å². The molecule has 1 fully saturated rings. The van der Waals surface area contributed by atoms with Gasteiger partial charge in [-0.2, -0.15) is 0 Å². The molecule has 1 amide bonds. The van der Waals surface area contributed by atoms with Crippen molar-refractivity contribution >= 4 is 28.5 Å². The number of fused-ring (bicyclic) bond motifs is 1. The maximum absolute atomic E-state index is 13.8. The highest BCUT2D eigenvalue weighted by molar-refractivity contribution is 6.10. The zero-order valence-corrected chi connectivity index (χ0v) is 16.5. The Morgan fingerprint density at radius 1 is 1.37 bits per heavy atom. The number of hydroxylamine groups is 1. The van der Waals surface area contributed by atoms with E-state index in [2.05, 4.69) is 27.5 Å². The Morgan fingerprint density at radius 2 is 2.13 bits per heavy atom. The van der Waals surface area contributed by atoms with Crippen molar-refractivity contribution in [2.45, 2.75) is 38.8 Å². The molecule has 10 heteroatoms. The van der Waals surface area contributed by atoms with E-state index in [1.54, 1.807) is 6.92 Å². The molecule has 1 aliphatic carbocycles. The average molecular weight is 414 g/mol. The van der Waals surface area contributed by atoms with E-state index >= 15 is 0 Å². The molecule has 2 heterocycles. The zero-order valence-electron chi connectivity index (χ0n) is 16.5. The lowest BCUT2D eigenvalue weighted by atomic mass is 10.1. The lowest BCUT2D eigenvalue weighted by molar-refractivity contribution is -0.862. The summed E-state index contributed by atoms with van der Waals surface area (Å²) in [7, 11) is 0. The first-order chi connectivity index (χ1) is 14.3. The Labute approximate surface area is 171 Å². The molecule has 2 aromatic heterocycles. The molecule has 0 aliphatic heterocycles. The van der Waals surface area contributed by atoms with Crippen molar-refractivity contribution in [3.8, 4) is 0 Å². The van der Waals surface area contributed by atoms with Crippen LogP contribution in [0.1, 0.15) is 41.4 Å². The molecule has 1 saturated carbocycles. The molecule has 1 atom stereocenters. The number of halogens is 1. The van der Waals surface area contributed by atoms with Crippen LogP contribution in [-0.2, 0) is 6.54 Å². The number of amides is 1. The highest BCUT2D eigenvalue weighted by Crippen LogP contribution is 2.40. The number of quaternary nitrogens is 1. The van der Waals surface area contributed by atoms with Crippen LogP contribution >= 0.6 is 0 Å². The molecule has 0 saturated heterocycles. The van der Waals surface area contributed by atoms with Crippen molar-refractivity contribution in [1.29, 1.82) is 0 Å². The second kappa shape index (κ2) is 7.63. The summed E-state index contributed by atoms with van der Waals surface area (Å²) < 4.78 is 19.4. The number of nitrogens with zero attached hydrogens (tertiary/aromatic N) is 2. The topological polar surface area (TPSA) is 131 Å².